The molecular weight excluding hydrogens is 519 g/mol. The van der Waals surface area contributed by atoms with E-state index in [1.54, 1.807) is 50.5 Å². The van der Waals surface area contributed by atoms with E-state index < -0.39 is 12.8 Å². The van der Waals surface area contributed by atoms with Crippen LogP contribution in [0.1, 0.15) is 63.6 Å². The molecule has 8 nitrogen and oxygen atoms in total. The van der Waals surface area contributed by atoms with Crippen LogP contribution in [0.4, 0.5) is 5.69 Å². The number of rotatable bonds is 8. The number of hydrogen-bond acceptors (Lipinski definition) is 5. The molecule has 2 aromatic carbocycles. The summed E-state index contributed by atoms with van der Waals surface area (Å²) >= 11 is 1.49. The topological polar surface area (TPSA) is 117 Å². The number of nitrogens with zero attached hydrogens (tertiary/aromatic N) is 3. The van der Waals surface area contributed by atoms with Crippen molar-refractivity contribution in [2.24, 2.45) is 0 Å². The molecule has 4 aromatic rings. The van der Waals surface area contributed by atoms with Gasteiger partial charge in [-0.05, 0) is 48.7 Å². The lowest BCUT2D eigenvalue weighted by molar-refractivity contribution is -0.111. The smallest absolute Gasteiger partial charge is 0.324 e. The molecule has 0 unspecified atom stereocenters. The van der Waals surface area contributed by atoms with Gasteiger partial charge in [0.1, 0.15) is 6.33 Å². The summed E-state index contributed by atoms with van der Waals surface area (Å²) in [7, 11) is -4.37. The zero-order valence-corrected chi connectivity index (χ0v) is 23.9. The number of anilines is 1. The average molecular weight is 553 g/mol. The van der Waals surface area contributed by atoms with Crippen molar-refractivity contribution < 1.29 is 19.1 Å². The molecule has 3 N–H and O–H groups in total. The van der Waals surface area contributed by atoms with Crippen molar-refractivity contribution in [3.8, 4) is 5.13 Å². The Hall–Kier alpha value is -3.10. The molecule has 0 saturated heterocycles. The molecule has 0 radical (unpaired) electrons. The van der Waals surface area contributed by atoms with E-state index in [1.165, 1.54) is 17.4 Å². The number of carbonyl (C=O) groups is 1. The van der Waals surface area contributed by atoms with Gasteiger partial charge in [-0.1, -0.05) is 70.2 Å². The summed E-state index contributed by atoms with van der Waals surface area (Å²) < 4.78 is 14.2. The Labute approximate surface area is 226 Å². The van der Waals surface area contributed by atoms with E-state index in [0.29, 0.717) is 24.1 Å². The first kappa shape index (κ1) is 27.9. The summed E-state index contributed by atoms with van der Waals surface area (Å²) in [6.07, 6.45) is 5.63. The number of fused-ring (bicyclic) bond motifs is 1. The van der Waals surface area contributed by atoms with Gasteiger partial charge in [0.05, 0.1) is 26.8 Å². The van der Waals surface area contributed by atoms with Crippen molar-refractivity contribution in [2.45, 2.75) is 58.0 Å². The van der Waals surface area contributed by atoms with Gasteiger partial charge in [-0.2, -0.15) is 0 Å². The van der Waals surface area contributed by atoms with E-state index in [0.717, 1.165) is 26.7 Å². The summed E-state index contributed by atoms with van der Waals surface area (Å²) in [4.78, 5) is 43.0. The molecule has 38 heavy (non-hydrogen) atoms. The van der Waals surface area contributed by atoms with Gasteiger partial charge < -0.3 is 15.1 Å². The number of aromatic nitrogens is 3. The van der Waals surface area contributed by atoms with Crippen molar-refractivity contribution in [2.75, 3.05) is 5.32 Å². The van der Waals surface area contributed by atoms with Gasteiger partial charge in [-0.25, -0.2) is 9.97 Å². The van der Waals surface area contributed by atoms with Crippen molar-refractivity contribution in [3.05, 3.63) is 77.1 Å². The van der Waals surface area contributed by atoms with Crippen LogP contribution < -0.4 is 5.32 Å². The van der Waals surface area contributed by atoms with Crippen LogP contribution in [0, 0.1) is 0 Å². The minimum absolute atomic E-state index is 0.235. The van der Waals surface area contributed by atoms with E-state index in [-0.39, 0.29) is 11.3 Å². The second kappa shape index (κ2) is 10.6. The van der Waals surface area contributed by atoms with Gasteiger partial charge in [0.25, 0.3) is 0 Å². The Morgan fingerprint density at radius 1 is 1.08 bits per heavy atom. The second-order valence-corrected chi connectivity index (χ2v) is 13.2. The molecule has 200 valence electrons. The molecule has 1 amide bonds. The third-order valence-corrected chi connectivity index (χ3v) is 9.84. The number of hydrogen-bond donors (Lipinski definition) is 3. The zero-order chi connectivity index (χ0) is 27.7. The van der Waals surface area contributed by atoms with Gasteiger partial charge in [0, 0.05) is 17.2 Å². The quantitative estimate of drug-likeness (QED) is 0.167. The third kappa shape index (κ3) is 5.38. The average Bonchev–Trinajstić information content (AvgIpc) is 3.48. The molecule has 0 saturated carbocycles. The molecule has 4 rings (SSSR count). The van der Waals surface area contributed by atoms with E-state index in [4.69, 9.17) is 4.98 Å². The van der Waals surface area contributed by atoms with Crippen LogP contribution in [-0.4, -0.2) is 30.2 Å². The van der Waals surface area contributed by atoms with Crippen molar-refractivity contribution in [3.63, 3.8) is 0 Å². The Morgan fingerprint density at radius 2 is 1.74 bits per heavy atom. The molecular formula is C28H33N4O4PS. The summed E-state index contributed by atoms with van der Waals surface area (Å²) in [5.41, 5.74) is 3.60. The number of thiazole rings is 1. The van der Waals surface area contributed by atoms with Crippen LogP contribution in [0.15, 0.2) is 60.9 Å². The summed E-state index contributed by atoms with van der Waals surface area (Å²) in [5.74, 6) is -0.312. The summed E-state index contributed by atoms with van der Waals surface area (Å²) in [6.45, 7) is 9.80. The van der Waals surface area contributed by atoms with Crippen LogP contribution in [0.5, 0.6) is 0 Å². The molecule has 0 bridgehead atoms. The first-order chi connectivity index (χ1) is 17.9. The minimum Gasteiger partial charge on any atom is -0.324 e. The largest absolute Gasteiger partial charge is 0.335 e. The zero-order valence-electron chi connectivity index (χ0n) is 22.2. The van der Waals surface area contributed by atoms with Gasteiger partial charge in [-0.3, -0.25) is 13.9 Å². The first-order valence-electron chi connectivity index (χ1n) is 12.5. The number of para-hydroxylation sites is 2. The number of nitrogens with one attached hydrogen (secondary N) is 1. The van der Waals surface area contributed by atoms with Crippen molar-refractivity contribution in [1.29, 1.82) is 0 Å². The van der Waals surface area contributed by atoms with E-state index in [2.05, 4.69) is 31.1 Å². The molecule has 10 heteroatoms. The molecule has 0 fully saturated rings. The Kier molecular flexibility index (Phi) is 7.77. The first-order valence-corrected chi connectivity index (χ1v) is 14.9. The number of carbonyl (C=O) groups excluding carboxylic acids is 1. The molecule has 0 atom stereocenters. The van der Waals surface area contributed by atoms with Crippen LogP contribution in [0.2, 0.25) is 0 Å². The van der Waals surface area contributed by atoms with Gasteiger partial charge in [0.2, 0.25) is 5.91 Å². The highest BCUT2D eigenvalue weighted by Crippen LogP contribution is 2.60. The number of benzene rings is 2. The van der Waals surface area contributed by atoms with Gasteiger partial charge in [-0.15, -0.1) is 0 Å². The van der Waals surface area contributed by atoms with Crippen LogP contribution in [0.25, 0.3) is 22.2 Å². The fourth-order valence-corrected chi connectivity index (χ4v) is 7.09. The maximum Gasteiger partial charge on any atom is 0.335 e. The van der Waals surface area contributed by atoms with Crippen LogP contribution in [0.3, 0.4) is 0 Å². The second-order valence-electron chi connectivity index (χ2n) is 10.2. The number of imidazole rings is 1. The van der Waals surface area contributed by atoms with Crippen LogP contribution in [-0.2, 0) is 19.9 Å². The van der Waals surface area contributed by atoms with E-state index in [9.17, 15) is 19.1 Å². The Morgan fingerprint density at radius 3 is 2.34 bits per heavy atom. The lowest BCUT2D eigenvalue weighted by Gasteiger charge is -2.33. The van der Waals surface area contributed by atoms with Gasteiger partial charge >= 0.3 is 7.60 Å². The minimum atomic E-state index is -4.37. The third-order valence-electron chi connectivity index (χ3n) is 6.82. The standard InChI is InChI=1S/C28H33N4O4PS/c1-6-28(7-2,37(34,35)36)19-12-14-20(15-13-19)30-24(33)17-16-23-25(27(3,4)5)31-26(38-23)32-18-29-21-10-8-9-11-22(21)32/h8-18H,6-7H2,1-5H3,(H,30,33)(H2,34,35,36). The molecule has 0 spiro atoms. The summed E-state index contributed by atoms with van der Waals surface area (Å²) in [5, 5.41) is 2.38. The van der Waals surface area contributed by atoms with Crippen molar-refractivity contribution in [1.82, 2.24) is 14.5 Å². The highest BCUT2D eigenvalue weighted by Gasteiger charge is 2.45. The molecule has 0 aliphatic rings. The maximum absolute atomic E-state index is 12.8. The van der Waals surface area contributed by atoms with Gasteiger partial charge in [0.15, 0.2) is 5.13 Å². The highest BCUT2D eigenvalue weighted by molar-refractivity contribution is 7.53. The number of amides is 1. The SMILES string of the molecule is CCC(CC)(c1ccc(NC(=O)C=Cc2sc(-n3cnc4ccccc43)nc2C(C)(C)C)cc1)P(=O)(O)O. The predicted octanol–water partition coefficient (Wildman–Crippen LogP) is 6.62. The fourth-order valence-electron chi connectivity index (χ4n) is 4.62. The fraction of sp³-hybridized carbons (Fsp3) is 0.321. The lowest BCUT2D eigenvalue weighted by atomic mass is 9.91. The Bertz CT molecular complexity index is 1520. The monoisotopic (exact) mass is 552 g/mol. The maximum atomic E-state index is 12.8. The van der Waals surface area contributed by atoms with E-state index in [1.807, 2.05) is 28.8 Å². The highest BCUT2D eigenvalue weighted by atomic mass is 32.1. The van der Waals surface area contributed by atoms with Crippen LogP contribution >= 0.6 is 18.9 Å². The normalized spacial score (nSPS) is 12.9. The molecule has 0 aliphatic carbocycles. The molecule has 2 heterocycles. The summed E-state index contributed by atoms with van der Waals surface area (Å²) in [6, 6.07) is 14.6. The predicted molar refractivity (Wildman–Crippen MR) is 154 cm³/mol. The molecule has 0 aliphatic heterocycles. The van der Waals surface area contributed by atoms with Crippen molar-refractivity contribution >= 4 is 47.6 Å². The molecule has 2 aromatic heterocycles. The van der Waals surface area contributed by atoms with E-state index >= 15 is 0 Å². The lowest BCUT2D eigenvalue weighted by Crippen LogP contribution is -2.24. The Balaban J connectivity index is 1.56.